The van der Waals surface area contributed by atoms with Crippen LogP contribution in [0.2, 0.25) is 0 Å². The summed E-state index contributed by atoms with van der Waals surface area (Å²) in [6.45, 7) is 10.9. The normalized spacial score (nSPS) is 11.0. The van der Waals surface area contributed by atoms with Crippen LogP contribution in [0.15, 0.2) is 30.5 Å². The third-order valence-electron chi connectivity index (χ3n) is 2.60. The molecule has 2 heteroatoms. The Labute approximate surface area is 112 Å². The molecule has 102 valence electrons. The molecular formula is C16H28N2. The van der Waals surface area contributed by atoms with E-state index in [1.165, 1.54) is 16.5 Å². The highest BCUT2D eigenvalue weighted by molar-refractivity contribution is 5.79. The zero-order valence-corrected chi connectivity index (χ0v) is 12.5. The molecule has 1 aromatic carbocycles. The molecule has 0 spiro atoms. The minimum Gasteiger partial charge on any atom is -0.361 e. The molecule has 2 aromatic rings. The van der Waals surface area contributed by atoms with E-state index in [0.29, 0.717) is 5.92 Å². The number of hydrogen-bond donors (Lipinski definition) is 2. The minimum absolute atomic E-state index is 0.561. The Morgan fingerprint density at radius 3 is 2.39 bits per heavy atom. The number of aromatic nitrogens is 1. The van der Waals surface area contributed by atoms with Gasteiger partial charge < -0.3 is 10.7 Å². The van der Waals surface area contributed by atoms with Crippen LogP contribution < -0.4 is 5.73 Å². The fourth-order valence-electron chi connectivity index (χ4n) is 1.72. The van der Waals surface area contributed by atoms with E-state index in [4.69, 9.17) is 5.73 Å². The first-order valence-electron chi connectivity index (χ1n) is 7.05. The van der Waals surface area contributed by atoms with Crippen molar-refractivity contribution in [3.63, 3.8) is 0 Å². The van der Waals surface area contributed by atoms with Gasteiger partial charge in [0.15, 0.2) is 0 Å². The van der Waals surface area contributed by atoms with Gasteiger partial charge in [0.2, 0.25) is 0 Å². The Morgan fingerprint density at radius 1 is 1.11 bits per heavy atom. The Balaban J connectivity index is 0.000000659. The molecule has 1 heterocycles. The standard InChI is InChI=1S/C12H16N2.2C2H6/c1-9(8-13)6-10-2-3-12-11(7-10)4-5-14-12;2*1-2/h2-5,7,9,14H,6,8,13H2,1H3;2*1-2H3. The smallest absolute Gasteiger partial charge is 0.0454 e. The van der Waals surface area contributed by atoms with Gasteiger partial charge in [0.25, 0.3) is 0 Å². The van der Waals surface area contributed by atoms with E-state index in [-0.39, 0.29) is 0 Å². The average molecular weight is 248 g/mol. The third kappa shape index (κ3) is 4.92. The van der Waals surface area contributed by atoms with Gasteiger partial charge in [0.1, 0.15) is 0 Å². The lowest BCUT2D eigenvalue weighted by atomic mass is 10.0. The summed E-state index contributed by atoms with van der Waals surface area (Å²) in [4.78, 5) is 3.19. The van der Waals surface area contributed by atoms with Crippen LogP contribution in [0.4, 0.5) is 0 Å². The van der Waals surface area contributed by atoms with Crippen molar-refractivity contribution in [2.45, 2.75) is 41.0 Å². The molecule has 0 aliphatic carbocycles. The van der Waals surface area contributed by atoms with E-state index in [2.05, 4.69) is 36.2 Å². The number of nitrogens with two attached hydrogens (primary N) is 1. The van der Waals surface area contributed by atoms with Crippen molar-refractivity contribution in [1.82, 2.24) is 4.98 Å². The third-order valence-corrected chi connectivity index (χ3v) is 2.60. The summed E-state index contributed by atoms with van der Waals surface area (Å²) >= 11 is 0. The van der Waals surface area contributed by atoms with Gasteiger partial charge in [-0.25, -0.2) is 0 Å². The number of aromatic amines is 1. The van der Waals surface area contributed by atoms with Gasteiger partial charge in [-0.15, -0.1) is 0 Å². The van der Waals surface area contributed by atoms with Crippen molar-refractivity contribution >= 4 is 10.9 Å². The predicted molar refractivity (Wildman–Crippen MR) is 82.9 cm³/mol. The summed E-state index contributed by atoms with van der Waals surface area (Å²) in [6, 6.07) is 8.64. The second-order valence-corrected chi connectivity index (χ2v) is 3.94. The molecule has 18 heavy (non-hydrogen) atoms. The van der Waals surface area contributed by atoms with Crippen LogP contribution in [-0.2, 0) is 6.42 Å². The summed E-state index contributed by atoms with van der Waals surface area (Å²) in [5.41, 5.74) is 8.18. The van der Waals surface area contributed by atoms with Gasteiger partial charge in [-0.3, -0.25) is 0 Å². The minimum atomic E-state index is 0.561. The summed E-state index contributed by atoms with van der Waals surface area (Å²) < 4.78 is 0. The summed E-state index contributed by atoms with van der Waals surface area (Å²) in [7, 11) is 0. The zero-order valence-electron chi connectivity index (χ0n) is 12.5. The first kappa shape index (κ1) is 16.7. The monoisotopic (exact) mass is 248 g/mol. The lowest BCUT2D eigenvalue weighted by Crippen LogP contribution is -2.12. The van der Waals surface area contributed by atoms with Gasteiger partial charge >= 0.3 is 0 Å². The molecule has 0 bridgehead atoms. The first-order valence-corrected chi connectivity index (χ1v) is 7.05. The maximum Gasteiger partial charge on any atom is 0.0454 e. The van der Waals surface area contributed by atoms with E-state index in [0.717, 1.165) is 13.0 Å². The number of fused-ring (bicyclic) bond motifs is 1. The molecule has 1 aromatic heterocycles. The van der Waals surface area contributed by atoms with Crippen molar-refractivity contribution in [1.29, 1.82) is 0 Å². The number of H-pyrrole nitrogens is 1. The fourth-order valence-corrected chi connectivity index (χ4v) is 1.72. The molecule has 0 aliphatic rings. The number of rotatable bonds is 3. The highest BCUT2D eigenvalue weighted by atomic mass is 14.7. The molecule has 0 aliphatic heterocycles. The van der Waals surface area contributed by atoms with Crippen LogP contribution >= 0.6 is 0 Å². The van der Waals surface area contributed by atoms with Crippen LogP contribution in [0.3, 0.4) is 0 Å². The van der Waals surface area contributed by atoms with E-state index in [1.807, 2.05) is 33.9 Å². The predicted octanol–water partition coefficient (Wildman–Crippen LogP) is 4.36. The maximum absolute atomic E-state index is 5.61. The van der Waals surface area contributed by atoms with Gasteiger partial charge in [0.05, 0.1) is 0 Å². The van der Waals surface area contributed by atoms with E-state index < -0.39 is 0 Å². The Bertz CT molecular complexity index is 418. The van der Waals surface area contributed by atoms with E-state index in [1.54, 1.807) is 0 Å². The highest BCUT2D eigenvalue weighted by Crippen LogP contribution is 2.16. The Kier molecular flexibility index (Phi) is 9.03. The fraction of sp³-hybridized carbons (Fsp3) is 0.500. The Morgan fingerprint density at radius 2 is 1.78 bits per heavy atom. The van der Waals surface area contributed by atoms with Crippen LogP contribution in [0.25, 0.3) is 10.9 Å². The maximum atomic E-state index is 5.61. The first-order chi connectivity index (χ1) is 8.79. The highest BCUT2D eigenvalue weighted by Gasteiger charge is 2.02. The average Bonchev–Trinajstić information content (AvgIpc) is 2.90. The van der Waals surface area contributed by atoms with Crippen molar-refractivity contribution in [2.24, 2.45) is 11.7 Å². The lowest BCUT2D eigenvalue weighted by molar-refractivity contribution is 0.593. The molecule has 3 N–H and O–H groups in total. The molecule has 0 radical (unpaired) electrons. The van der Waals surface area contributed by atoms with Crippen molar-refractivity contribution < 1.29 is 0 Å². The largest absolute Gasteiger partial charge is 0.361 e. The molecule has 0 amide bonds. The molecule has 0 fully saturated rings. The molecular weight excluding hydrogens is 220 g/mol. The van der Waals surface area contributed by atoms with Crippen LogP contribution in [0.1, 0.15) is 40.2 Å². The van der Waals surface area contributed by atoms with Crippen molar-refractivity contribution in [3.8, 4) is 0 Å². The SMILES string of the molecule is CC.CC.CC(CN)Cc1ccc2[nH]ccc2c1. The van der Waals surface area contributed by atoms with Crippen LogP contribution in [0.5, 0.6) is 0 Å². The van der Waals surface area contributed by atoms with Gasteiger partial charge in [-0.2, -0.15) is 0 Å². The van der Waals surface area contributed by atoms with E-state index in [9.17, 15) is 0 Å². The summed E-state index contributed by atoms with van der Waals surface area (Å²) in [5.74, 6) is 0.561. The van der Waals surface area contributed by atoms with Crippen molar-refractivity contribution in [3.05, 3.63) is 36.0 Å². The molecule has 2 nitrogen and oxygen atoms in total. The van der Waals surface area contributed by atoms with Gasteiger partial charge in [-0.1, -0.05) is 40.7 Å². The van der Waals surface area contributed by atoms with Gasteiger partial charge in [-0.05, 0) is 48.0 Å². The van der Waals surface area contributed by atoms with Gasteiger partial charge in [0, 0.05) is 11.7 Å². The quantitative estimate of drug-likeness (QED) is 0.832. The molecule has 0 saturated heterocycles. The summed E-state index contributed by atoms with van der Waals surface area (Å²) in [6.07, 6.45) is 3.04. The second-order valence-electron chi connectivity index (χ2n) is 3.94. The Hall–Kier alpha value is -1.28. The van der Waals surface area contributed by atoms with Crippen LogP contribution in [-0.4, -0.2) is 11.5 Å². The van der Waals surface area contributed by atoms with E-state index >= 15 is 0 Å². The lowest BCUT2D eigenvalue weighted by Gasteiger charge is -2.07. The molecule has 1 atom stereocenters. The number of nitrogens with one attached hydrogen (secondary N) is 1. The number of hydrogen-bond acceptors (Lipinski definition) is 1. The van der Waals surface area contributed by atoms with Crippen molar-refractivity contribution in [2.75, 3.05) is 6.54 Å². The molecule has 0 saturated carbocycles. The molecule has 2 rings (SSSR count). The zero-order chi connectivity index (χ0) is 14.0. The summed E-state index contributed by atoms with van der Waals surface area (Å²) in [5, 5.41) is 1.28. The second kappa shape index (κ2) is 9.72. The topological polar surface area (TPSA) is 41.8 Å². The molecule has 1 unspecified atom stereocenters. The number of benzene rings is 1. The van der Waals surface area contributed by atoms with Crippen LogP contribution in [0, 0.1) is 5.92 Å².